The van der Waals surface area contributed by atoms with Crippen molar-refractivity contribution in [1.29, 1.82) is 0 Å². The first kappa shape index (κ1) is 16.9. The minimum absolute atomic E-state index is 0.0924. The SMILES string of the molecule is [CH2]C(F)(F)CN=S(N)(=O)C[C@](C)(N)c1ccccc1F. The Morgan fingerprint density at radius 3 is 2.45 bits per heavy atom. The van der Waals surface area contributed by atoms with Gasteiger partial charge in [0.2, 0.25) is 0 Å². The van der Waals surface area contributed by atoms with Gasteiger partial charge in [-0.15, -0.1) is 0 Å². The zero-order valence-electron chi connectivity index (χ0n) is 11.0. The Labute approximate surface area is 116 Å². The molecule has 20 heavy (non-hydrogen) atoms. The van der Waals surface area contributed by atoms with E-state index < -0.39 is 39.5 Å². The topological polar surface area (TPSA) is 81.5 Å². The molecule has 0 spiro atoms. The standard InChI is InChI=1S/C12H17F3N3OS/c1-11(16,9-5-3-4-6-10(9)13)8-20(17,19)18-7-12(2,14)15/h3-6H,2,7-8,16H2,1H3,(H2,17,18,19)/t11-,20?/m0/s1. The molecule has 0 bridgehead atoms. The van der Waals surface area contributed by atoms with Crippen LogP contribution in [0.1, 0.15) is 12.5 Å². The molecule has 4 nitrogen and oxygen atoms in total. The van der Waals surface area contributed by atoms with Gasteiger partial charge in [-0.25, -0.2) is 26.9 Å². The molecule has 0 fully saturated rings. The first-order chi connectivity index (χ1) is 8.93. The Morgan fingerprint density at radius 1 is 1.40 bits per heavy atom. The third-order valence-electron chi connectivity index (χ3n) is 2.51. The Bertz CT molecular complexity index is 590. The van der Waals surface area contributed by atoms with E-state index in [0.29, 0.717) is 0 Å². The van der Waals surface area contributed by atoms with Gasteiger partial charge in [0.1, 0.15) is 22.3 Å². The van der Waals surface area contributed by atoms with Crippen molar-refractivity contribution in [3.63, 3.8) is 0 Å². The zero-order chi connectivity index (χ0) is 15.6. The number of hydrogen-bond donors (Lipinski definition) is 2. The van der Waals surface area contributed by atoms with E-state index in [9.17, 15) is 17.4 Å². The van der Waals surface area contributed by atoms with Crippen molar-refractivity contribution in [2.75, 3.05) is 12.3 Å². The Morgan fingerprint density at radius 2 is 1.95 bits per heavy atom. The lowest BCUT2D eigenvalue weighted by Crippen LogP contribution is -2.43. The molecule has 8 heteroatoms. The zero-order valence-corrected chi connectivity index (χ0v) is 11.8. The summed E-state index contributed by atoms with van der Waals surface area (Å²) >= 11 is 0. The molecule has 1 aromatic rings. The molecule has 0 amide bonds. The molecule has 0 heterocycles. The second-order valence-corrected chi connectivity index (χ2v) is 6.80. The molecule has 2 atom stereocenters. The molecule has 0 aliphatic heterocycles. The van der Waals surface area contributed by atoms with Crippen LogP contribution in [0, 0.1) is 12.7 Å². The molecular formula is C12H17F3N3OS. The van der Waals surface area contributed by atoms with Crippen LogP contribution in [-0.4, -0.2) is 22.4 Å². The fraction of sp³-hybridized carbons (Fsp3) is 0.417. The average Bonchev–Trinajstić information content (AvgIpc) is 2.24. The van der Waals surface area contributed by atoms with E-state index in [1.54, 1.807) is 6.07 Å². The van der Waals surface area contributed by atoms with E-state index >= 15 is 0 Å². The Hall–Kier alpha value is -1.12. The first-order valence-electron chi connectivity index (χ1n) is 5.68. The minimum atomic E-state index is -3.47. The van der Waals surface area contributed by atoms with Crippen molar-refractivity contribution in [3.8, 4) is 0 Å². The van der Waals surface area contributed by atoms with Crippen LogP contribution < -0.4 is 10.9 Å². The number of halogens is 3. The van der Waals surface area contributed by atoms with Gasteiger partial charge >= 0.3 is 0 Å². The highest BCUT2D eigenvalue weighted by atomic mass is 32.2. The van der Waals surface area contributed by atoms with Crippen molar-refractivity contribution in [2.24, 2.45) is 15.2 Å². The van der Waals surface area contributed by atoms with Gasteiger partial charge in [0.25, 0.3) is 5.92 Å². The van der Waals surface area contributed by atoms with Gasteiger partial charge in [-0.2, -0.15) is 0 Å². The van der Waals surface area contributed by atoms with Gasteiger partial charge in [0.15, 0.2) is 0 Å². The second kappa shape index (κ2) is 5.71. The van der Waals surface area contributed by atoms with Crippen molar-refractivity contribution in [2.45, 2.75) is 18.4 Å². The molecule has 1 radical (unpaired) electrons. The maximum atomic E-state index is 13.7. The summed E-state index contributed by atoms with van der Waals surface area (Å²) in [5.41, 5.74) is 4.60. The molecule has 0 aliphatic carbocycles. The highest BCUT2D eigenvalue weighted by molar-refractivity contribution is 7.91. The third kappa shape index (κ3) is 5.10. The summed E-state index contributed by atoms with van der Waals surface area (Å²) in [5, 5.41) is 5.40. The van der Waals surface area contributed by atoms with E-state index in [1.165, 1.54) is 25.1 Å². The molecule has 113 valence electrons. The van der Waals surface area contributed by atoms with E-state index in [2.05, 4.69) is 11.3 Å². The largest absolute Gasteiger partial charge is 0.321 e. The molecule has 1 rings (SSSR count). The first-order valence-corrected chi connectivity index (χ1v) is 7.43. The van der Waals surface area contributed by atoms with Gasteiger partial charge in [0, 0.05) is 12.5 Å². The van der Waals surface area contributed by atoms with E-state index in [1.807, 2.05) is 0 Å². The number of nitrogens with two attached hydrogens (primary N) is 2. The van der Waals surface area contributed by atoms with E-state index in [0.717, 1.165) is 0 Å². The van der Waals surface area contributed by atoms with Gasteiger partial charge in [-0.05, 0) is 13.0 Å². The van der Waals surface area contributed by atoms with Gasteiger partial charge in [0.05, 0.1) is 11.3 Å². The van der Waals surface area contributed by atoms with Crippen LogP contribution >= 0.6 is 0 Å². The fourth-order valence-electron chi connectivity index (χ4n) is 1.68. The van der Waals surface area contributed by atoms with Gasteiger partial charge < -0.3 is 5.73 Å². The summed E-state index contributed by atoms with van der Waals surface area (Å²) in [7, 11) is -3.47. The molecule has 0 saturated carbocycles. The quantitative estimate of drug-likeness (QED) is 0.870. The molecule has 4 N–H and O–H groups in total. The third-order valence-corrected chi connectivity index (χ3v) is 4.09. The minimum Gasteiger partial charge on any atom is -0.321 e. The average molecular weight is 308 g/mol. The number of rotatable bonds is 5. The predicted octanol–water partition coefficient (Wildman–Crippen LogP) is 1.81. The summed E-state index contributed by atoms with van der Waals surface area (Å²) in [5.74, 6) is -4.39. The lowest BCUT2D eigenvalue weighted by molar-refractivity contribution is 0.0629. The molecular weight excluding hydrogens is 291 g/mol. The smallest absolute Gasteiger partial charge is 0.268 e. The number of nitrogens with zero attached hydrogens (tertiary/aromatic N) is 1. The number of alkyl halides is 2. The molecule has 0 saturated heterocycles. The maximum Gasteiger partial charge on any atom is 0.268 e. The summed E-state index contributed by atoms with van der Waals surface area (Å²) < 4.78 is 54.1. The summed E-state index contributed by atoms with van der Waals surface area (Å²) in [6.07, 6.45) is 0. The second-order valence-electron chi connectivity index (χ2n) is 4.87. The van der Waals surface area contributed by atoms with Crippen molar-refractivity contribution >= 4 is 9.92 Å². The van der Waals surface area contributed by atoms with Crippen LogP contribution in [-0.2, 0) is 15.5 Å². The predicted molar refractivity (Wildman–Crippen MR) is 72.7 cm³/mol. The van der Waals surface area contributed by atoms with Gasteiger partial charge in [-0.1, -0.05) is 18.2 Å². The molecule has 1 unspecified atom stereocenters. The lowest BCUT2D eigenvalue weighted by atomic mass is 9.95. The molecule has 1 aromatic carbocycles. The molecule has 0 aromatic heterocycles. The van der Waals surface area contributed by atoms with Crippen molar-refractivity contribution in [1.82, 2.24) is 0 Å². The lowest BCUT2D eigenvalue weighted by Gasteiger charge is -2.26. The van der Waals surface area contributed by atoms with E-state index in [4.69, 9.17) is 10.9 Å². The van der Waals surface area contributed by atoms with Crippen LogP contribution in [0.15, 0.2) is 28.6 Å². The maximum absolute atomic E-state index is 13.7. The van der Waals surface area contributed by atoms with Crippen LogP contribution in [0.25, 0.3) is 0 Å². The Kier molecular flexibility index (Phi) is 4.83. The molecule has 0 aliphatic rings. The van der Waals surface area contributed by atoms with Crippen LogP contribution in [0.3, 0.4) is 0 Å². The highest BCUT2D eigenvalue weighted by Crippen LogP contribution is 2.23. The van der Waals surface area contributed by atoms with Crippen LogP contribution in [0.4, 0.5) is 13.2 Å². The highest BCUT2D eigenvalue weighted by Gasteiger charge is 2.29. The summed E-state index contributed by atoms with van der Waals surface area (Å²) in [4.78, 5) is 0. The fourth-order valence-corrected chi connectivity index (χ4v) is 3.19. The summed E-state index contributed by atoms with van der Waals surface area (Å²) in [6, 6.07) is 5.65. The van der Waals surface area contributed by atoms with Crippen LogP contribution in [0.2, 0.25) is 0 Å². The van der Waals surface area contributed by atoms with E-state index in [-0.39, 0.29) is 5.56 Å². The summed E-state index contributed by atoms with van der Waals surface area (Å²) in [6.45, 7) is 2.88. The Balaban J connectivity index is 3.02. The van der Waals surface area contributed by atoms with Crippen molar-refractivity contribution < 1.29 is 17.4 Å². The van der Waals surface area contributed by atoms with Crippen molar-refractivity contribution in [3.05, 3.63) is 42.6 Å². The van der Waals surface area contributed by atoms with Crippen LogP contribution in [0.5, 0.6) is 0 Å². The monoisotopic (exact) mass is 308 g/mol. The van der Waals surface area contributed by atoms with Gasteiger partial charge in [-0.3, -0.25) is 0 Å². The number of benzene rings is 1. The number of hydrogen-bond acceptors (Lipinski definition) is 3. The normalized spacial score (nSPS) is 18.1.